The van der Waals surface area contributed by atoms with E-state index in [1.54, 1.807) is 43.5 Å². The topological polar surface area (TPSA) is 132 Å². The molecule has 0 saturated carbocycles. The van der Waals surface area contributed by atoms with E-state index in [0.29, 0.717) is 28.9 Å². The van der Waals surface area contributed by atoms with E-state index < -0.39 is 6.03 Å². The monoisotopic (exact) mass is 466 g/mol. The Morgan fingerprint density at radius 2 is 1.88 bits per heavy atom. The summed E-state index contributed by atoms with van der Waals surface area (Å²) in [5.74, 6) is 1.07. The Bertz CT molecular complexity index is 1200. The molecule has 2 N–H and O–H groups in total. The van der Waals surface area contributed by atoms with Crippen molar-refractivity contribution in [2.45, 2.75) is 25.4 Å². The van der Waals surface area contributed by atoms with Gasteiger partial charge in [-0.1, -0.05) is 18.2 Å². The summed E-state index contributed by atoms with van der Waals surface area (Å²) >= 11 is 0. The number of amides is 2. The predicted molar refractivity (Wildman–Crippen MR) is 126 cm³/mol. The molecule has 0 bridgehead atoms. The van der Waals surface area contributed by atoms with Gasteiger partial charge in [0.1, 0.15) is 5.75 Å². The van der Waals surface area contributed by atoms with E-state index in [0.717, 1.165) is 25.9 Å². The lowest BCUT2D eigenvalue weighted by atomic mass is 10.0. The minimum atomic E-state index is -0.396. The number of ether oxygens (including phenoxy) is 2. The molecule has 2 heterocycles. The van der Waals surface area contributed by atoms with Crippen LogP contribution in [0.4, 0.5) is 16.3 Å². The van der Waals surface area contributed by atoms with Crippen LogP contribution in [0.1, 0.15) is 18.4 Å². The van der Waals surface area contributed by atoms with Gasteiger partial charge in [0.15, 0.2) is 5.82 Å². The number of anilines is 1. The van der Waals surface area contributed by atoms with Gasteiger partial charge in [0.05, 0.1) is 30.2 Å². The maximum atomic E-state index is 12.6. The third-order valence-electron chi connectivity index (χ3n) is 5.77. The molecule has 2 aromatic carbocycles. The van der Waals surface area contributed by atoms with Crippen LogP contribution in [0.5, 0.6) is 11.6 Å². The number of benzene rings is 2. The molecular formula is C23H26N6O5. The predicted octanol–water partition coefficient (Wildman–Crippen LogP) is 3.34. The number of methoxy groups -OCH3 is 2. The van der Waals surface area contributed by atoms with Crippen LogP contribution in [-0.4, -0.2) is 59.2 Å². The van der Waals surface area contributed by atoms with Gasteiger partial charge in [-0.3, -0.25) is 20.3 Å². The maximum Gasteiger partial charge on any atom is 0.320 e. The van der Waals surface area contributed by atoms with E-state index in [1.165, 1.54) is 13.2 Å². The highest BCUT2D eigenvalue weighted by atomic mass is 16.6. The van der Waals surface area contributed by atoms with Gasteiger partial charge in [0, 0.05) is 43.4 Å². The Balaban J connectivity index is 1.35. The van der Waals surface area contributed by atoms with Gasteiger partial charge in [-0.15, -0.1) is 0 Å². The smallest absolute Gasteiger partial charge is 0.320 e. The molecule has 0 aliphatic carbocycles. The first kappa shape index (κ1) is 23.2. The number of urea groups is 1. The van der Waals surface area contributed by atoms with Crippen LogP contribution < -0.4 is 20.1 Å². The van der Waals surface area contributed by atoms with Crippen LogP contribution in [0.15, 0.2) is 42.5 Å². The molecule has 0 atom stereocenters. The fourth-order valence-corrected chi connectivity index (χ4v) is 4.00. The van der Waals surface area contributed by atoms with Gasteiger partial charge in [-0.2, -0.15) is 0 Å². The van der Waals surface area contributed by atoms with Crippen LogP contribution >= 0.6 is 0 Å². The number of nitro groups is 1. The second-order valence-corrected chi connectivity index (χ2v) is 7.97. The van der Waals surface area contributed by atoms with E-state index in [4.69, 9.17) is 9.47 Å². The van der Waals surface area contributed by atoms with Crippen molar-refractivity contribution >= 4 is 28.6 Å². The zero-order chi connectivity index (χ0) is 24.1. The molecule has 0 unspecified atom stereocenters. The number of piperidine rings is 1. The van der Waals surface area contributed by atoms with Crippen LogP contribution in [-0.2, 0) is 6.54 Å². The number of nitrogens with zero attached hydrogens (tertiary/aromatic N) is 4. The van der Waals surface area contributed by atoms with E-state index in [2.05, 4.69) is 25.5 Å². The molecular weight excluding hydrogens is 440 g/mol. The van der Waals surface area contributed by atoms with Crippen molar-refractivity contribution in [1.29, 1.82) is 0 Å². The van der Waals surface area contributed by atoms with Crippen molar-refractivity contribution in [2.24, 2.45) is 0 Å². The summed E-state index contributed by atoms with van der Waals surface area (Å²) in [6.07, 6.45) is 1.46. The fourth-order valence-electron chi connectivity index (χ4n) is 4.00. The summed E-state index contributed by atoms with van der Waals surface area (Å²) < 4.78 is 10.5. The molecule has 2 amide bonds. The number of para-hydroxylation sites is 1. The number of nitrogens with one attached hydrogen (secondary N) is 2. The molecule has 1 aromatic heterocycles. The van der Waals surface area contributed by atoms with Crippen molar-refractivity contribution < 1.29 is 19.2 Å². The average Bonchev–Trinajstić information content (AvgIpc) is 2.84. The molecule has 11 heteroatoms. The molecule has 0 radical (unpaired) electrons. The Morgan fingerprint density at radius 3 is 2.59 bits per heavy atom. The third-order valence-corrected chi connectivity index (χ3v) is 5.77. The zero-order valence-electron chi connectivity index (χ0n) is 19.0. The SMILES string of the molecule is COc1ccc2nc(OC)c(NC(=O)NC3CCN(Cc4ccccc4[N+](=O)[O-])CC3)nc2c1. The molecule has 11 nitrogen and oxygen atoms in total. The van der Waals surface area contributed by atoms with E-state index in [1.807, 2.05) is 0 Å². The minimum Gasteiger partial charge on any atom is -0.497 e. The number of carbonyl (C=O) groups is 1. The van der Waals surface area contributed by atoms with Gasteiger partial charge < -0.3 is 14.8 Å². The first-order valence-electron chi connectivity index (χ1n) is 10.9. The van der Waals surface area contributed by atoms with E-state index in [9.17, 15) is 14.9 Å². The summed E-state index contributed by atoms with van der Waals surface area (Å²) in [5.41, 5.74) is 2.01. The quantitative estimate of drug-likeness (QED) is 0.400. The number of carbonyl (C=O) groups excluding carboxylic acids is 1. The molecule has 3 aromatic rings. The van der Waals surface area contributed by atoms with Crippen molar-refractivity contribution in [2.75, 3.05) is 32.6 Å². The van der Waals surface area contributed by atoms with Gasteiger partial charge >= 0.3 is 6.03 Å². The molecule has 178 valence electrons. The summed E-state index contributed by atoms with van der Waals surface area (Å²) in [6.45, 7) is 1.94. The Morgan fingerprint density at radius 1 is 1.12 bits per heavy atom. The Kier molecular flexibility index (Phi) is 7.02. The number of hydrogen-bond donors (Lipinski definition) is 2. The number of fused-ring (bicyclic) bond motifs is 1. The molecule has 34 heavy (non-hydrogen) atoms. The summed E-state index contributed by atoms with van der Waals surface area (Å²) in [6, 6.07) is 11.6. The van der Waals surface area contributed by atoms with Gasteiger partial charge in [-0.25, -0.2) is 14.8 Å². The number of aromatic nitrogens is 2. The number of hydrogen-bond acceptors (Lipinski definition) is 8. The largest absolute Gasteiger partial charge is 0.497 e. The lowest BCUT2D eigenvalue weighted by molar-refractivity contribution is -0.385. The molecule has 1 fully saturated rings. The van der Waals surface area contributed by atoms with Gasteiger partial charge in [-0.05, 0) is 25.0 Å². The Labute approximate surface area is 196 Å². The van der Waals surface area contributed by atoms with Gasteiger partial charge in [0.2, 0.25) is 0 Å². The second kappa shape index (κ2) is 10.3. The highest BCUT2D eigenvalue weighted by Gasteiger charge is 2.23. The lowest BCUT2D eigenvalue weighted by Crippen LogP contribution is -2.45. The van der Waals surface area contributed by atoms with Crippen molar-refractivity contribution in [3.05, 3.63) is 58.1 Å². The van der Waals surface area contributed by atoms with E-state index >= 15 is 0 Å². The van der Waals surface area contributed by atoms with E-state index in [-0.39, 0.29) is 28.4 Å². The fraction of sp³-hybridized carbons (Fsp3) is 0.348. The average molecular weight is 466 g/mol. The maximum absolute atomic E-state index is 12.6. The highest BCUT2D eigenvalue weighted by molar-refractivity contribution is 5.91. The van der Waals surface area contributed by atoms with Crippen molar-refractivity contribution in [3.63, 3.8) is 0 Å². The molecule has 1 saturated heterocycles. The first-order valence-corrected chi connectivity index (χ1v) is 10.9. The molecule has 4 rings (SSSR count). The standard InChI is InChI=1S/C23H26N6O5/c1-33-17-7-8-18-19(13-17)25-21(22(26-18)34-2)27-23(30)24-16-9-11-28(12-10-16)14-15-5-3-4-6-20(15)29(31)32/h3-8,13,16H,9-12,14H2,1-2H3,(H2,24,25,27,30). The number of rotatable bonds is 7. The normalized spacial score (nSPS) is 14.5. The number of nitro benzene ring substituents is 1. The van der Waals surface area contributed by atoms with Crippen molar-refractivity contribution in [3.8, 4) is 11.6 Å². The minimum absolute atomic E-state index is 0.0264. The van der Waals surface area contributed by atoms with Gasteiger partial charge in [0.25, 0.3) is 11.6 Å². The molecule has 1 aliphatic rings. The van der Waals surface area contributed by atoms with Crippen LogP contribution in [0.25, 0.3) is 11.0 Å². The third kappa shape index (κ3) is 5.31. The molecule has 0 spiro atoms. The first-order chi connectivity index (χ1) is 16.5. The summed E-state index contributed by atoms with van der Waals surface area (Å²) in [5, 5.41) is 16.9. The van der Waals surface area contributed by atoms with Crippen LogP contribution in [0, 0.1) is 10.1 Å². The summed E-state index contributed by atoms with van der Waals surface area (Å²) in [4.78, 5) is 34.6. The lowest BCUT2D eigenvalue weighted by Gasteiger charge is -2.32. The Hall–Kier alpha value is -3.99. The zero-order valence-corrected chi connectivity index (χ0v) is 19.0. The van der Waals surface area contributed by atoms with Crippen LogP contribution in [0.3, 0.4) is 0 Å². The number of likely N-dealkylation sites (tertiary alicyclic amines) is 1. The van der Waals surface area contributed by atoms with Crippen LogP contribution in [0.2, 0.25) is 0 Å². The highest BCUT2D eigenvalue weighted by Crippen LogP contribution is 2.26. The second-order valence-electron chi connectivity index (χ2n) is 7.97. The summed E-state index contributed by atoms with van der Waals surface area (Å²) in [7, 11) is 3.03. The van der Waals surface area contributed by atoms with Crippen molar-refractivity contribution in [1.82, 2.24) is 20.2 Å². The molecule has 1 aliphatic heterocycles.